The first kappa shape index (κ1) is 19.9. The Bertz CT molecular complexity index is 523. The molecule has 1 aromatic rings. The maximum atomic E-state index is 12.3. The zero-order valence-electron chi connectivity index (χ0n) is 15.7. The molecule has 4 N–H and O–H groups in total. The second-order valence-corrected chi connectivity index (χ2v) is 7.71. The predicted molar refractivity (Wildman–Crippen MR) is 102 cm³/mol. The Hall–Kier alpha value is -1.39. The van der Waals surface area contributed by atoms with Gasteiger partial charge in [0.15, 0.2) is 0 Å². The molecule has 0 saturated heterocycles. The largest absolute Gasteiger partial charge is 0.391 e. The van der Waals surface area contributed by atoms with Crippen molar-refractivity contribution in [1.29, 1.82) is 0 Å². The molecule has 1 saturated carbocycles. The van der Waals surface area contributed by atoms with E-state index in [4.69, 9.17) is 5.73 Å². The fourth-order valence-electron chi connectivity index (χ4n) is 3.93. The van der Waals surface area contributed by atoms with E-state index < -0.39 is 6.10 Å². The van der Waals surface area contributed by atoms with Crippen LogP contribution in [0, 0.1) is 18.8 Å². The summed E-state index contributed by atoms with van der Waals surface area (Å²) in [6.45, 7) is 2.05. The van der Waals surface area contributed by atoms with Crippen LogP contribution in [0.1, 0.15) is 56.1 Å². The van der Waals surface area contributed by atoms with E-state index in [9.17, 15) is 9.90 Å². The third-order valence-electron chi connectivity index (χ3n) is 5.57. The molecule has 0 radical (unpaired) electrons. The maximum Gasteiger partial charge on any atom is 0.223 e. The van der Waals surface area contributed by atoms with Gasteiger partial charge in [-0.15, -0.1) is 0 Å². The molecule has 1 fully saturated rings. The summed E-state index contributed by atoms with van der Waals surface area (Å²) in [6.07, 6.45) is 7.62. The molecule has 140 valence electrons. The highest BCUT2D eigenvalue weighted by Gasteiger charge is 2.27. The molecule has 1 aliphatic rings. The molecule has 1 aliphatic carbocycles. The second-order valence-electron chi connectivity index (χ2n) is 7.71. The van der Waals surface area contributed by atoms with Crippen molar-refractivity contribution in [2.75, 3.05) is 7.05 Å². The van der Waals surface area contributed by atoms with Crippen LogP contribution < -0.4 is 11.1 Å². The van der Waals surface area contributed by atoms with Crippen molar-refractivity contribution in [2.45, 2.75) is 70.4 Å². The van der Waals surface area contributed by atoms with Gasteiger partial charge in [-0.05, 0) is 37.7 Å². The lowest BCUT2D eigenvalue weighted by molar-refractivity contribution is -0.125. The molecule has 2 rings (SSSR count). The number of nitrogens with one attached hydrogen (secondary N) is 1. The van der Waals surface area contributed by atoms with Crippen LogP contribution in [0.2, 0.25) is 0 Å². The van der Waals surface area contributed by atoms with Gasteiger partial charge in [0.2, 0.25) is 5.91 Å². The van der Waals surface area contributed by atoms with Crippen LogP contribution in [-0.4, -0.2) is 30.2 Å². The van der Waals surface area contributed by atoms with Crippen molar-refractivity contribution in [3.63, 3.8) is 0 Å². The third kappa shape index (κ3) is 6.44. The Labute approximate surface area is 152 Å². The van der Waals surface area contributed by atoms with Crippen LogP contribution in [-0.2, 0) is 11.2 Å². The van der Waals surface area contributed by atoms with E-state index in [2.05, 4.69) is 29.6 Å². The van der Waals surface area contributed by atoms with Crippen molar-refractivity contribution in [2.24, 2.45) is 17.6 Å². The van der Waals surface area contributed by atoms with Crippen molar-refractivity contribution >= 4 is 5.91 Å². The molecular weight excluding hydrogens is 312 g/mol. The Morgan fingerprint density at radius 1 is 1.24 bits per heavy atom. The summed E-state index contributed by atoms with van der Waals surface area (Å²) in [5.41, 5.74) is 8.59. The Kier molecular flexibility index (Phi) is 7.91. The third-order valence-corrected chi connectivity index (χ3v) is 5.57. The van der Waals surface area contributed by atoms with Crippen LogP contribution in [0.15, 0.2) is 24.3 Å². The van der Waals surface area contributed by atoms with E-state index in [-0.39, 0.29) is 17.9 Å². The number of carbonyl (C=O) groups excluding carboxylic acids is 1. The molecule has 4 nitrogen and oxygen atoms in total. The number of amides is 1. The average molecular weight is 347 g/mol. The molecule has 1 amide bonds. The van der Waals surface area contributed by atoms with Gasteiger partial charge in [-0.1, -0.05) is 61.9 Å². The summed E-state index contributed by atoms with van der Waals surface area (Å²) in [5.74, 6) is 0.360. The lowest BCUT2D eigenvalue weighted by Gasteiger charge is -2.28. The molecule has 4 heteroatoms. The molecule has 0 aliphatic heterocycles. The highest BCUT2D eigenvalue weighted by Crippen LogP contribution is 2.28. The number of aliphatic hydroxyl groups excluding tert-OH is 1. The summed E-state index contributed by atoms with van der Waals surface area (Å²) in [7, 11) is 1.65. The van der Waals surface area contributed by atoms with Crippen LogP contribution in [0.3, 0.4) is 0 Å². The number of rotatable bonds is 8. The molecule has 1 aromatic carbocycles. The van der Waals surface area contributed by atoms with Gasteiger partial charge >= 0.3 is 0 Å². The maximum absolute atomic E-state index is 12.3. The van der Waals surface area contributed by atoms with Crippen LogP contribution in [0.5, 0.6) is 0 Å². The molecule has 0 spiro atoms. The summed E-state index contributed by atoms with van der Waals surface area (Å²) in [5, 5.41) is 13.3. The van der Waals surface area contributed by atoms with Crippen molar-refractivity contribution in [3.8, 4) is 0 Å². The van der Waals surface area contributed by atoms with E-state index in [0.717, 1.165) is 12.0 Å². The molecule has 0 unspecified atom stereocenters. The topological polar surface area (TPSA) is 75.3 Å². The number of benzene rings is 1. The minimum absolute atomic E-state index is 0.0236. The lowest BCUT2D eigenvalue weighted by atomic mass is 9.82. The summed E-state index contributed by atoms with van der Waals surface area (Å²) >= 11 is 0. The smallest absolute Gasteiger partial charge is 0.223 e. The van der Waals surface area contributed by atoms with Gasteiger partial charge in [0.05, 0.1) is 6.10 Å². The van der Waals surface area contributed by atoms with Crippen LogP contribution in [0.25, 0.3) is 0 Å². The van der Waals surface area contributed by atoms with Gasteiger partial charge in [0.25, 0.3) is 0 Å². The number of aryl methyl sites for hydroxylation is 1. The van der Waals surface area contributed by atoms with Gasteiger partial charge in [-0.2, -0.15) is 0 Å². The Morgan fingerprint density at radius 2 is 1.88 bits per heavy atom. The first-order chi connectivity index (χ1) is 12.0. The molecule has 0 aromatic heterocycles. The normalized spacial score (nSPS) is 19.2. The van der Waals surface area contributed by atoms with Gasteiger partial charge in [-0.3, -0.25) is 4.79 Å². The first-order valence-electron chi connectivity index (χ1n) is 9.70. The van der Waals surface area contributed by atoms with Gasteiger partial charge in [-0.25, -0.2) is 0 Å². The van der Waals surface area contributed by atoms with Crippen molar-refractivity contribution in [3.05, 3.63) is 35.4 Å². The molecule has 25 heavy (non-hydrogen) atoms. The monoisotopic (exact) mass is 346 g/mol. The number of hydrogen-bond acceptors (Lipinski definition) is 3. The van der Waals surface area contributed by atoms with Gasteiger partial charge in [0, 0.05) is 19.0 Å². The minimum atomic E-state index is -0.630. The minimum Gasteiger partial charge on any atom is -0.391 e. The molecular formula is C21H34N2O2. The lowest BCUT2D eigenvalue weighted by Crippen LogP contribution is -2.41. The van der Waals surface area contributed by atoms with E-state index in [1.54, 1.807) is 7.05 Å². The van der Waals surface area contributed by atoms with Gasteiger partial charge < -0.3 is 16.2 Å². The second kappa shape index (κ2) is 9.93. The van der Waals surface area contributed by atoms with Crippen molar-refractivity contribution in [1.82, 2.24) is 5.32 Å². The summed E-state index contributed by atoms with van der Waals surface area (Å²) < 4.78 is 0. The number of aliphatic hydroxyl groups is 1. The highest BCUT2D eigenvalue weighted by molar-refractivity contribution is 5.78. The SMILES string of the molecule is CNC(=O)[C@H](Cc1ccc(C)cc1)C[C@H](O)[C@@H](N)CC1CCCCC1. The van der Waals surface area contributed by atoms with Gasteiger partial charge in [0.1, 0.15) is 0 Å². The first-order valence-corrected chi connectivity index (χ1v) is 9.70. The number of hydrogen-bond donors (Lipinski definition) is 3. The van der Waals surface area contributed by atoms with E-state index in [0.29, 0.717) is 18.8 Å². The standard InChI is InChI=1S/C21H34N2O2/c1-15-8-10-17(11-9-15)12-18(21(25)23-2)14-20(24)19(22)13-16-6-4-3-5-7-16/h8-11,16,18-20,24H,3-7,12-14,22H2,1-2H3,(H,23,25)/t18-,19+,20+/m1/s1. The van der Waals surface area contributed by atoms with E-state index in [1.165, 1.54) is 37.7 Å². The van der Waals surface area contributed by atoms with E-state index in [1.807, 2.05) is 6.92 Å². The number of carbonyl (C=O) groups is 1. The van der Waals surface area contributed by atoms with Crippen molar-refractivity contribution < 1.29 is 9.90 Å². The number of nitrogens with two attached hydrogens (primary N) is 1. The average Bonchev–Trinajstić information content (AvgIpc) is 2.63. The van der Waals surface area contributed by atoms with Crippen LogP contribution in [0.4, 0.5) is 0 Å². The fraction of sp³-hybridized carbons (Fsp3) is 0.667. The molecule has 3 atom stereocenters. The fourth-order valence-corrected chi connectivity index (χ4v) is 3.93. The Balaban J connectivity index is 1.92. The quantitative estimate of drug-likeness (QED) is 0.677. The van der Waals surface area contributed by atoms with Crippen LogP contribution >= 0.6 is 0 Å². The zero-order chi connectivity index (χ0) is 18.2. The molecule has 0 heterocycles. The predicted octanol–water partition coefficient (Wildman–Crippen LogP) is 2.95. The highest BCUT2D eigenvalue weighted by atomic mass is 16.3. The summed E-state index contributed by atoms with van der Waals surface area (Å²) in [4.78, 5) is 12.3. The zero-order valence-corrected chi connectivity index (χ0v) is 15.7. The Morgan fingerprint density at radius 3 is 2.48 bits per heavy atom. The van der Waals surface area contributed by atoms with E-state index >= 15 is 0 Å². The molecule has 0 bridgehead atoms. The summed E-state index contributed by atoms with van der Waals surface area (Å²) in [6, 6.07) is 7.98.